The molecule has 0 radical (unpaired) electrons. The molecule has 1 aromatic rings. The van der Waals surface area contributed by atoms with Gasteiger partial charge in [0.1, 0.15) is 30.5 Å². The summed E-state index contributed by atoms with van der Waals surface area (Å²) in [5.74, 6) is -1.42. The van der Waals surface area contributed by atoms with E-state index >= 15 is 0 Å². The maximum Gasteiger partial charge on any atom is 0.309 e. The van der Waals surface area contributed by atoms with E-state index in [2.05, 4.69) is 4.98 Å². The van der Waals surface area contributed by atoms with Crippen LogP contribution in [-0.2, 0) is 25.7 Å². The lowest BCUT2D eigenvalue weighted by Gasteiger charge is -2.35. The summed E-state index contributed by atoms with van der Waals surface area (Å²) in [4.78, 5) is 30.6. The number of nitrogens with zero attached hydrogens (tertiary/aromatic N) is 1. The minimum Gasteiger partial charge on any atom is -0.458 e. The molecule has 3 rings (SSSR count). The number of esters is 1. The SMILES string of the molecule is CCC1C(=O)C(C)(C)C(O)CC(=O)OC(C(C)=Cc2coc(CO)n2)CC2OC2(C)CCCC(C)C1O. The first-order valence-electron chi connectivity index (χ1n) is 13.3. The summed E-state index contributed by atoms with van der Waals surface area (Å²) in [6.45, 7) is 10.6. The molecule has 0 aromatic carbocycles. The van der Waals surface area contributed by atoms with Gasteiger partial charge in [0.25, 0.3) is 0 Å². The lowest BCUT2D eigenvalue weighted by atomic mass is 9.71. The molecule has 9 heteroatoms. The zero-order chi connectivity index (χ0) is 27.5. The van der Waals surface area contributed by atoms with Crippen LogP contribution in [0.4, 0.5) is 0 Å². The van der Waals surface area contributed by atoms with Crippen molar-refractivity contribution in [2.75, 3.05) is 0 Å². The first kappa shape index (κ1) is 29.5. The van der Waals surface area contributed by atoms with Crippen LogP contribution in [0, 0.1) is 17.3 Å². The predicted molar refractivity (Wildman–Crippen MR) is 136 cm³/mol. The minimum absolute atomic E-state index is 0.0929. The second-order valence-electron chi connectivity index (χ2n) is 11.5. The zero-order valence-corrected chi connectivity index (χ0v) is 22.9. The Labute approximate surface area is 219 Å². The van der Waals surface area contributed by atoms with Gasteiger partial charge in [-0.2, -0.15) is 0 Å². The van der Waals surface area contributed by atoms with E-state index in [4.69, 9.17) is 13.9 Å². The molecular formula is C28H43NO8. The van der Waals surface area contributed by atoms with E-state index in [1.54, 1.807) is 19.9 Å². The number of hydrogen-bond acceptors (Lipinski definition) is 9. The molecule has 7 atom stereocenters. The van der Waals surface area contributed by atoms with Gasteiger partial charge in [-0.1, -0.05) is 34.1 Å². The quantitative estimate of drug-likeness (QED) is 0.400. The molecule has 0 spiro atoms. The van der Waals surface area contributed by atoms with Crippen LogP contribution in [0.1, 0.15) is 91.7 Å². The molecule has 0 amide bonds. The Morgan fingerprint density at radius 3 is 2.57 bits per heavy atom. The number of oxazole rings is 1. The summed E-state index contributed by atoms with van der Waals surface area (Å²) < 4.78 is 17.1. The van der Waals surface area contributed by atoms with E-state index in [-0.39, 0.29) is 42.3 Å². The molecule has 37 heavy (non-hydrogen) atoms. The average molecular weight is 522 g/mol. The summed E-state index contributed by atoms with van der Waals surface area (Å²) >= 11 is 0. The van der Waals surface area contributed by atoms with Crippen molar-refractivity contribution in [2.24, 2.45) is 17.3 Å². The van der Waals surface area contributed by atoms with Crippen molar-refractivity contribution >= 4 is 17.8 Å². The molecule has 9 nitrogen and oxygen atoms in total. The number of ether oxygens (including phenoxy) is 2. The van der Waals surface area contributed by atoms with Crippen molar-refractivity contribution < 1.29 is 38.8 Å². The molecule has 2 saturated heterocycles. The summed E-state index contributed by atoms with van der Waals surface area (Å²) in [7, 11) is 0. The Kier molecular flexibility index (Phi) is 9.37. The van der Waals surface area contributed by atoms with Gasteiger partial charge in [0.05, 0.1) is 35.7 Å². The largest absolute Gasteiger partial charge is 0.458 e. The number of fused-ring (bicyclic) bond motifs is 1. The number of epoxide rings is 1. The molecular weight excluding hydrogens is 478 g/mol. The van der Waals surface area contributed by atoms with Crippen LogP contribution in [0.3, 0.4) is 0 Å². The van der Waals surface area contributed by atoms with E-state index in [1.807, 2.05) is 27.7 Å². The van der Waals surface area contributed by atoms with Gasteiger partial charge in [-0.25, -0.2) is 4.98 Å². The highest BCUT2D eigenvalue weighted by Crippen LogP contribution is 2.45. The molecule has 2 aliphatic rings. The van der Waals surface area contributed by atoms with Crippen LogP contribution in [0.2, 0.25) is 0 Å². The molecule has 208 valence electrons. The van der Waals surface area contributed by atoms with E-state index in [0.29, 0.717) is 18.5 Å². The Morgan fingerprint density at radius 1 is 1.24 bits per heavy atom. The summed E-state index contributed by atoms with van der Waals surface area (Å²) in [6.07, 6.45) is 3.20. The van der Waals surface area contributed by atoms with Crippen molar-refractivity contribution in [2.45, 2.75) is 117 Å². The highest BCUT2D eigenvalue weighted by atomic mass is 16.6. The normalized spacial score (nSPS) is 36.1. The van der Waals surface area contributed by atoms with Gasteiger partial charge in [-0.05, 0) is 50.7 Å². The number of ketones is 1. The maximum atomic E-state index is 13.4. The number of aliphatic hydroxyl groups excluding tert-OH is 3. The van der Waals surface area contributed by atoms with Crippen molar-refractivity contribution in [1.29, 1.82) is 0 Å². The number of aliphatic hydroxyl groups is 3. The highest BCUT2D eigenvalue weighted by Gasteiger charge is 2.53. The van der Waals surface area contributed by atoms with Crippen LogP contribution < -0.4 is 0 Å². The van der Waals surface area contributed by atoms with E-state index in [9.17, 15) is 24.9 Å². The van der Waals surface area contributed by atoms with E-state index in [1.165, 1.54) is 6.26 Å². The number of rotatable bonds is 4. The molecule has 0 bridgehead atoms. The third kappa shape index (κ3) is 6.88. The van der Waals surface area contributed by atoms with Gasteiger partial charge in [0.2, 0.25) is 5.89 Å². The Balaban J connectivity index is 1.87. The van der Waals surface area contributed by atoms with Crippen molar-refractivity contribution in [3.05, 3.63) is 23.4 Å². The minimum atomic E-state index is -1.27. The van der Waals surface area contributed by atoms with Gasteiger partial charge in [-0.3, -0.25) is 9.59 Å². The summed E-state index contributed by atoms with van der Waals surface area (Å²) in [5.41, 5.74) is -0.379. The second-order valence-corrected chi connectivity index (χ2v) is 11.5. The van der Waals surface area contributed by atoms with Gasteiger partial charge in [0.15, 0.2) is 0 Å². The average Bonchev–Trinajstić information content (AvgIpc) is 3.24. The fourth-order valence-corrected chi connectivity index (χ4v) is 5.31. The standard InChI is InChI=1S/C28H43NO8/c1-7-19-25(33)16(2)9-8-10-28(6)22(37-28)12-20(17(3)11-18-15-35-23(14-30)29-18)36-24(32)13-21(31)27(4,5)26(19)34/h11,15-16,19-22,25,30-31,33H,7-10,12-14H2,1-6H3. The van der Waals surface area contributed by atoms with Crippen LogP contribution in [-0.4, -0.2) is 62.1 Å². The molecule has 3 N–H and O–H groups in total. The van der Waals surface area contributed by atoms with Gasteiger partial charge in [-0.15, -0.1) is 0 Å². The Hall–Kier alpha value is -2.07. The van der Waals surface area contributed by atoms with Crippen LogP contribution in [0.15, 0.2) is 16.3 Å². The molecule has 0 saturated carbocycles. The molecule has 2 fully saturated rings. The van der Waals surface area contributed by atoms with Gasteiger partial charge < -0.3 is 29.2 Å². The van der Waals surface area contributed by atoms with E-state index in [0.717, 1.165) is 24.8 Å². The topological polar surface area (TPSA) is 143 Å². The zero-order valence-electron chi connectivity index (χ0n) is 22.9. The number of aromatic nitrogens is 1. The third-order valence-electron chi connectivity index (χ3n) is 8.26. The van der Waals surface area contributed by atoms with Crippen LogP contribution in [0.5, 0.6) is 0 Å². The lowest BCUT2D eigenvalue weighted by molar-refractivity contribution is -0.154. The lowest BCUT2D eigenvalue weighted by Crippen LogP contribution is -2.46. The third-order valence-corrected chi connectivity index (χ3v) is 8.26. The van der Waals surface area contributed by atoms with Crippen molar-refractivity contribution in [3.63, 3.8) is 0 Å². The van der Waals surface area contributed by atoms with Gasteiger partial charge >= 0.3 is 5.97 Å². The van der Waals surface area contributed by atoms with E-state index < -0.39 is 35.6 Å². The predicted octanol–water partition coefficient (Wildman–Crippen LogP) is 3.58. The number of cyclic esters (lactones) is 1. The Morgan fingerprint density at radius 2 is 1.95 bits per heavy atom. The highest BCUT2D eigenvalue weighted by molar-refractivity contribution is 5.88. The fourth-order valence-electron chi connectivity index (χ4n) is 5.31. The van der Waals surface area contributed by atoms with Crippen molar-refractivity contribution in [3.8, 4) is 0 Å². The van der Waals surface area contributed by atoms with Crippen molar-refractivity contribution in [1.82, 2.24) is 4.98 Å². The summed E-state index contributed by atoms with van der Waals surface area (Å²) in [6, 6.07) is 0. The molecule has 7 unspecified atom stereocenters. The molecule has 1 aromatic heterocycles. The van der Waals surface area contributed by atoms with Crippen LogP contribution >= 0.6 is 0 Å². The second kappa shape index (κ2) is 11.8. The first-order chi connectivity index (χ1) is 17.3. The molecule has 0 aliphatic carbocycles. The number of carbonyl (C=O) groups is 2. The number of carbonyl (C=O) groups excluding carboxylic acids is 2. The monoisotopic (exact) mass is 521 g/mol. The number of Topliss-reactive ketones (excluding diaryl/α,β-unsaturated/α-hetero) is 1. The maximum absolute atomic E-state index is 13.4. The number of hydrogen-bond donors (Lipinski definition) is 3. The first-order valence-corrected chi connectivity index (χ1v) is 13.3. The fraction of sp³-hybridized carbons (Fsp3) is 0.750. The van der Waals surface area contributed by atoms with Crippen LogP contribution in [0.25, 0.3) is 6.08 Å². The molecule has 3 heterocycles. The van der Waals surface area contributed by atoms with Gasteiger partial charge in [0, 0.05) is 12.3 Å². The smallest absolute Gasteiger partial charge is 0.309 e. The Bertz CT molecular complexity index is 985. The molecule has 2 aliphatic heterocycles. The summed E-state index contributed by atoms with van der Waals surface area (Å²) in [5, 5.41) is 31.2.